The van der Waals surface area contributed by atoms with E-state index in [1.54, 1.807) is 20.3 Å². The van der Waals surface area contributed by atoms with Crippen LogP contribution in [-0.4, -0.2) is 45.7 Å². The second-order valence-corrected chi connectivity index (χ2v) is 5.17. The number of rotatable bonds is 5. The normalized spacial score (nSPS) is 10.3. The molecule has 3 aromatic rings. The van der Waals surface area contributed by atoms with E-state index in [0.29, 0.717) is 22.3 Å². The van der Waals surface area contributed by atoms with Gasteiger partial charge in [0.15, 0.2) is 16.6 Å². The van der Waals surface area contributed by atoms with Gasteiger partial charge in [0.1, 0.15) is 0 Å². The molecule has 1 aromatic carbocycles. The van der Waals surface area contributed by atoms with Crippen LogP contribution in [0.1, 0.15) is 10.6 Å². The SMILES string of the molecule is COc1ccc(-c2csc(NC(=O)c3nnn[nH]3)n2)cc1OC. The van der Waals surface area contributed by atoms with Gasteiger partial charge in [0.05, 0.1) is 19.9 Å². The average molecular weight is 332 g/mol. The molecule has 2 heterocycles. The van der Waals surface area contributed by atoms with Crippen LogP contribution in [0, 0.1) is 0 Å². The largest absolute Gasteiger partial charge is 0.493 e. The Bertz CT molecular complexity index is 817. The Labute approximate surface area is 134 Å². The Balaban J connectivity index is 1.80. The number of nitrogens with one attached hydrogen (secondary N) is 2. The summed E-state index contributed by atoms with van der Waals surface area (Å²) >= 11 is 1.30. The fraction of sp³-hybridized carbons (Fsp3) is 0.154. The predicted molar refractivity (Wildman–Crippen MR) is 82.8 cm³/mol. The number of hydrogen-bond donors (Lipinski definition) is 2. The van der Waals surface area contributed by atoms with Crippen molar-refractivity contribution in [3.63, 3.8) is 0 Å². The summed E-state index contributed by atoms with van der Waals surface area (Å²) in [5.74, 6) is 0.810. The third-order valence-electron chi connectivity index (χ3n) is 2.96. The van der Waals surface area contributed by atoms with Crippen molar-refractivity contribution in [1.82, 2.24) is 25.6 Å². The molecule has 0 aliphatic rings. The molecule has 10 heteroatoms. The Morgan fingerprint density at radius 1 is 1.26 bits per heavy atom. The number of aromatic nitrogens is 5. The molecule has 1 amide bonds. The topological polar surface area (TPSA) is 115 Å². The van der Waals surface area contributed by atoms with E-state index in [2.05, 4.69) is 30.9 Å². The van der Waals surface area contributed by atoms with Crippen molar-refractivity contribution < 1.29 is 14.3 Å². The molecule has 0 fully saturated rings. The van der Waals surface area contributed by atoms with Gasteiger partial charge in [0, 0.05) is 10.9 Å². The summed E-state index contributed by atoms with van der Waals surface area (Å²) in [6, 6.07) is 5.48. The lowest BCUT2D eigenvalue weighted by Crippen LogP contribution is -2.13. The van der Waals surface area contributed by atoms with Crippen LogP contribution in [-0.2, 0) is 0 Å². The fourth-order valence-electron chi connectivity index (χ4n) is 1.87. The Hall–Kier alpha value is -3.01. The molecule has 3 rings (SSSR count). The van der Waals surface area contributed by atoms with Crippen LogP contribution in [0.2, 0.25) is 0 Å². The zero-order valence-electron chi connectivity index (χ0n) is 12.2. The quantitative estimate of drug-likeness (QED) is 0.729. The van der Waals surface area contributed by atoms with Crippen molar-refractivity contribution >= 4 is 22.4 Å². The third-order valence-corrected chi connectivity index (χ3v) is 3.72. The summed E-state index contributed by atoms with van der Waals surface area (Å²) in [5.41, 5.74) is 1.56. The molecule has 0 aliphatic heterocycles. The fourth-order valence-corrected chi connectivity index (χ4v) is 2.59. The molecule has 0 bridgehead atoms. The van der Waals surface area contributed by atoms with Crippen LogP contribution >= 0.6 is 11.3 Å². The minimum atomic E-state index is -0.455. The van der Waals surface area contributed by atoms with Gasteiger partial charge in [0.2, 0.25) is 5.82 Å². The highest BCUT2D eigenvalue weighted by atomic mass is 32.1. The van der Waals surface area contributed by atoms with E-state index in [1.807, 2.05) is 17.5 Å². The van der Waals surface area contributed by atoms with E-state index < -0.39 is 5.91 Å². The van der Waals surface area contributed by atoms with Crippen LogP contribution in [0.4, 0.5) is 5.13 Å². The van der Waals surface area contributed by atoms with Crippen LogP contribution in [0.25, 0.3) is 11.3 Å². The molecule has 2 N–H and O–H groups in total. The van der Waals surface area contributed by atoms with Gasteiger partial charge in [0.25, 0.3) is 5.91 Å². The standard InChI is InChI=1S/C13H12N6O3S/c1-21-9-4-3-7(5-10(9)22-2)8-6-23-13(14-8)15-12(20)11-16-18-19-17-11/h3-6H,1-2H3,(H,14,15,20)(H,16,17,18,19). The molecule has 0 aliphatic carbocycles. The number of H-pyrrole nitrogens is 1. The van der Waals surface area contributed by atoms with Gasteiger partial charge in [-0.15, -0.1) is 16.4 Å². The molecule has 0 atom stereocenters. The first-order chi connectivity index (χ1) is 11.2. The molecule has 9 nitrogen and oxygen atoms in total. The average Bonchev–Trinajstić information content (AvgIpc) is 3.25. The lowest BCUT2D eigenvalue weighted by atomic mass is 10.1. The number of methoxy groups -OCH3 is 2. The van der Waals surface area contributed by atoms with Crippen molar-refractivity contribution in [3.05, 3.63) is 29.4 Å². The molecule has 0 radical (unpaired) electrons. The van der Waals surface area contributed by atoms with Gasteiger partial charge >= 0.3 is 0 Å². The summed E-state index contributed by atoms with van der Waals surface area (Å²) in [6.45, 7) is 0. The molecule has 0 saturated carbocycles. The van der Waals surface area contributed by atoms with Crippen molar-refractivity contribution in [2.75, 3.05) is 19.5 Å². The van der Waals surface area contributed by atoms with Crippen molar-refractivity contribution in [2.24, 2.45) is 0 Å². The first kappa shape index (κ1) is 14.9. The second-order valence-electron chi connectivity index (χ2n) is 4.31. The summed E-state index contributed by atoms with van der Waals surface area (Å²) in [4.78, 5) is 16.2. The Morgan fingerprint density at radius 2 is 2.09 bits per heavy atom. The van der Waals surface area contributed by atoms with Crippen molar-refractivity contribution in [3.8, 4) is 22.8 Å². The number of aromatic amines is 1. The number of carbonyl (C=O) groups is 1. The highest BCUT2D eigenvalue weighted by Gasteiger charge is 2.14. The summed E-state index contributed by atoms with van der Waals surface area (Å²) in [6.07, 6.45) is 0. The van der Waals surface area contributed by atoms with Gasteiger partial charge < -0.3 is 9.47 Å². The zero-order valence-corrected chi connectivity index (χ0v) is 13.0. The third kappa shape index (κ3) is 3.11. The number of anilines is 1. The lowest BCUT2D eigenvalue weighted by molar-refractivity contribution is 0.101. The van der Waals surface area contributed by atoms with Crippen LogP contribution in [0.15, 0.2) is 23.6 Å². The minimum Gasteiger partial charge on any atom is -0.493 e. The van der Waals surface area contributed by atoms with E-state index >= 15 is 0 Å². The summed E-state index contributed by atoms with van der Waals surface area (Å²) in [5, 5.41) is 17.5. The van der Waals surface area contributed by atoms with Gasteiger partial charge in [-0.25, -0.2) is 10.1 Å². The maximum Gasteiger partial charge on any atom is 0.296 e. The molecule has 0 saturated heterocycles. The first-order valence-corrected chi connectivity index (χ1v) is 7.32. The predicted octanol–water partition coefficient (Wildman–Crippen LogP) is 1.59. The molecule has 2 aromatic heterocycles. The zero-order chi connectivity index (χ0) is 16.2. The number of tetrazole rings is 1. The molecule has 118 valence electrons. The van der Waals surface area contributed by atoms with E-state index in [1.165, 1.54) is 11.3 Å². The Kier molecular flexibility index (Phi) is 4.15. The highest BCUT2D eigenvalue weighted by Crippen LogP contribution is 2.33. The number of nitrogens with zero attached hydrogens (tertiary/aromatic N) is 4. The number of thiazole rings is 1. The van der Waals surface area contributed by atoms with Crippen LogP contribution in [0.5, 0.6) is 11.5 Å². The maximum atomic E-state index is 11.9. The van der Waals surface area contributed by atoms with Gasteiger partial charge in [-0.05, 0) is 28.6 Å². The molecule has 23 heavy (non-hydrogen) atoms. The smallest absolute Gasteiger partial charge is 0.296 e. The molecular weight excluding hydrogens is 320 g/mol. The van der Waals surface area contributed by atoms with Gasteiger partial charge in [-0.2, -0.15) is 0 Å². The highest BCUT2D eigenvalue weighted by molar-refractivity contribution is 7.14. The van der Waals surface area contributed by atoms with Crippen LogP contribution in [0.3, 0.4) is 0 Å². The molecule has 0 spiro atoms. The van der Waals surface area contributed by atoms with Crippen molar-refractivity contribution in [1.29, 1.82) is 0 Å². The van der Waals surface area contributed by atoms with E-state index in [9.17, 15) is 4.79 Å². The van der Waals surface area contributed by atoms with Crippen LogP contribution < -0.4 is 14.8 Å². The first-order valence-electron chi connectivity index (χ1n) is 6.44. The maximum absolute atomic E-state index is 11.9. The lowest BCUT2D eigenvalue weighted by Gasteiger charge is -2.08. The van der Waals surface area contributed by atoms with Gasteiger partial charge in [-0.1, -0.05) is 0 Å². The van der Waals surface area contributed by atoms with E-state index in [4.69, 9.17) is 9.47 Å². The van der Waals surface area contributed by atoms with E-state index in [-0.39, 0.29) is 5.82 Å². The monoisotopic (exact) mass is 332 g/mol. The van der Waals surface area contributed by atoms with Crippen molar-refractivity contribution in [2.45, 2.75) is 0 Å². The number of carbonyl (C=O) groups excluding carboxylic acids is 1. The number of ether oxygens (including phenoxy) is 2. The number of benzene rings is 1. The summed E-state index contributed by atoms with van der Waals surface area (Å²) in [7, 11) is 3.14. The molecule has 0 unspecified atom stereocenters. The number of hydrogen-bond acceptors (Lipinski definition) is 8. The summed E-state index contributed by atoms with van der Waals surface area (Å²) < 4.78 is 10.5. The Morgan fingerprint density at radius 3 is 2.78 bits per heavy atom. The number of amides is 1. The molecular formula is C13H12N6O3S. The minimum absolute atomic E-state index is 0.0212. The van der Waals surface area contributed by atoms with Gasteiger partial charge in [-0.3, -0.25) is 10.1 Å². The second kappa shape index (κ2) is 6.40. The van der Waals surface area contributed by atoms with E-state index in [0.717, 1.165) is 5.56 Å².